The van der Waals surface area contributed by atoms with Gasteiger partial charge in [-0.25, -0.2) is 9.97 Å². The van der Waals surface area contributed by atoms with E-state index in [1.54, 1.807) is 7.11 Å². The number of methoxy groups -OCH3 is 1. The Bertz CT molecular complexity index is 411. The summed E-state index contributed by atoms with van der Waals surface area (Å²) in [5, 5.41) is 0.563. The monoisotopic (exact) mass is 255 g/mol. The van der Waals surface area contributed by atoms with Crippen LogP contribution in [0.25, 0.3) is 0 Å². The van der Waals surface area contributed by atoms with E-state index in [0.717, 1.165) is 43.1 Å². The highest BCUT2D eigenvalue weighted by Crippen LogP contribution is 2.27. The summed E-state index contributed by atoms with van der Waals surface area (Å²) in [4.78, 5) is 11.1. The van der Waals surface area contributed by atoms with Gasteiger partial charge in [0.2, 0.25) is 0 Å². The van der Waals surface area contributed by atoms with Crippen LogP contribution in [0.5, 0.6) is 0 Å². The Labute approximate surface area is 107 Å². The van der Waals surface area contributed by atoms with Gasteiger partial charge in [-0.3, -0.25) is 0 Å². The number of rotatable bonds is 3. The highest BCUT2D eigenvalue weighted by Gasteiger charge is 2.25. The normalized spacial score (nSPS) is 20.0. The Morgan fingerprint density at radius 2 is 2.24 bits per heavy atom. The Hall–Kier alpha value is -0.870. The van der Waals surface area contributed by atoms with Crippen LogP contribution >= 0.6 is 11.6 Å². The first kappa shape index (κ1) is 12.6. The molecule has 4 nitrogen and oxygen atoms in total. The molecule has 0 saturated carbocycles. The predicted molar refractivity (Wildman–Crippen MR) is 68.8 cm³/mol. The van der Waals surface area contributed by atoms with E-state index in [0.29, 0.717) is 11.3 Å². The summed E-state index contributed by atoms with van der Waals surface area (Å²) in [5.74, 6) is 1.76. The number of ether oxygens (including phenoxy) is 1. The lowest BCUT2D eigenvalue weighted by Gasteiger charge is -2.20. The number of nitrogens with zero attached hydrogens (tertiary/aromatic N) is 3. The maximum atomic E-state index is 6.14. The molecule has 2 heterocycles. The van der Waals surface area contributed by atoms with E-state index >= 15 is 0 Å². The van der Waals surface area contributed by atoms with Crippen molar-refractivity contribution in [3.05, 3.63) is 16.5 Å². The number of anilines is 1. The van der Waals surface area contributed by atoms with E-state index in [-0.39, 0.29) is 0 Å². The van der Waals surface area contributed by atoms with Crippen molar-refractivity contribution in [2.75, 3.05) is 25.1 Å². The van der Waals surface area contributed by atoms with Crippen molar-refractivity contribution >= 4 is 17.4 Å². The van der Waals surface area contributed by atoms with Crippen molar-refractivity contribution in [2.45, 2.75) is 32.8 Å². The molecule has 1 saturated heterocycles. The van der Waals surface area contributed by atoms with Gasteiger partial charge >= 0.3 is 0 Å². The molecule has 2 rings (SSSR count). The SMILES string of the molecule is CCc1nc(Cl)c(C)c(N2CCC(OC)C2)n1. The van der Waals surface area contributed by atoms with E-state index < -0.39 is 0 Å². The van der Waals surface area contributed by atoms with Crippen LogP contribution in [0.1, 0.15) is 24.7 Å². The standard InChI is InChI=1S/C12H18ClN3O/c1-4-10-14-11(13)8(2)12(15-10)16-6-5-9(7-16)17-3/h9H,4-7H2,1-3H3. The van der Waals surface area contributed by atoms with E-state index in [1.165, 1.54) is 0 Å². The first-order valence-corrected chi connectivity index (χ1v) is 6.34. The second-order valence-electron chi connectivity index (χ2n) is 4.33. The summed E-state index contributed by atoms with van der Waals surface area (Å²) in [5.41, 5.74) is 0.959. The fourth-order valence-corrected chi connectivity index (χ4v) is 2.28. The molecule has 0 spiro atoms. The molecule has 1 aliphatic heterocycles. The third-order valence-corrected chi connectivity index (χ3v) is 3.57. The molecule has 1 aromatic rings. The number of halogens is 1. The molecular formula is C12H18ClN3O. The van der Waals surface area contributed by atoms with Crippen LogP contribution in [0.15, 0.2) is 0 Å². The molecule has 1 aromatic heterocycles. The van der Waals surface area contributed by atoms with Crippen molar-refractivity contribution in [3.63, 3.8) is 0 Å². The van der Waals surface area contributed by atoms with Crippen molar-refractivity contribution in [1.82, 2.24) is 9.97 Å². The fraction of sp³-hybridized carbons (Fsp3) is 0.667. The van der Waals surface area contributed by atoms with Gasteiger partial charge in [0, 0.05) is 32.2 Å². The number of aromatic nitrogens is 2. The maximum absolute atomic E-state index is 6.14. The van der Waals surface area contributed by atoms with Gasteiger partial charge in [0.15, 0.2) is 0 Å². The zero-order valence-electron chi connectivity index (χ0n) is 10.5. The minimum Gasteiger partial charge on any atom is -0.380 e. The van der Waals surface area contributed by atoms with Gasteiger partial charge in [-0.1, -0.05) is 18.5 Å². The molecule has 5 heteroatoms. The zero-order chi connectivity index (χ0) is 12.4. The first-order chi connectivity index (χ1) is 8.15. The molecule has 0 bridgehead atoms. The van der Waals surface area contributed by atoms with Crippen LogP contribution in [0, 0.1) is 6.92 Å². The second-order valence-corrected chi connectivity index (χ2v) is 4.68. The second kappa shape index (κ2) is 5.19. The van der Waals surface area contributed by atoms with Gasteiger partial charge in [0.25, 0.3) is 0 Å². The summed E-state index contributed by atoms with van der Waals surface area (Å²) in [6.07, 6.45) is 2.14. The van der Waals surface area contributed by atoms with Gasteiger partial charge in [0.1, 0.15) is 16.8 Å². The third-order valence-electron chi connectivity index (χ3n) is 3.20. The maximum Gasteiger partial charge on any atom is 0.137 e. The van der Waals surface area contributed by atoms with Crippen LogP contribution in [0.4, 0.5) is 5.82 Å². The molecule has 17 heavy (non-hydrogen) atoms. The lowest BCUT2D eigenvalue weighted by molar-refractivity contribution is 0.121. The average Bonchev–Trinajstić information content (AvgIpc) is 2.81. The molecule has 0 amide bonds. The summed E-state index contributed by atoms with van der Waals surface area (Å²) in [6, 6.07) is 0. The quantitative estimate of drug-likeness (QED) is 0.777. The molecule has 0 N–H and O–H groups in total. The summed E-state index contributed by atoms with van der Waals surface area (Å²) < 4.78 is 5.37. The van der Waals surface area contributed by atoms with Gasteiger partial charge in [0.05, 0.1) is 6.10 Å². The summed E-state index contributed by atoms with van der Waals surface area (Å²) in [6.45, 7) is 5.85. The molecule has 0 aliphatic carbocycles. The van der Waals surface area contributed by atoms with Crippen LogP contribution in [-0.2, 0) is 11.2 Å². The Morgan fingerprint density at radius 1 is 1.47 bits per heavy atom. The van der Waals surface area contributed by atoms with Crippen LogP contribution < -0.4 is 4.90 Å². The van der Waals surface area contributed by atoms with E-state index in [1.807, 2.05) is 13.8 Å². The Kier molecular flexibility index (Phi) is 3.84. The van der Waals surface area contributed by atoms with Gasteiger partial charge in [-0.15, -0.1) is 0 Å². The average molecular weight is 256 g/mol. The van der Waals surface area contributed by atoms with E-state index in [2.05, 4.69) is 14.9 Å². The van der Waals surface area contributed by atoms with Crippen molar-refractivity contribution in [1.29, 1.82) is 0 Å². The van der Waals surface area contributed by atoms with Crippen molar-refractivity contribution in [3.8, 4) is 0 Å². The number of aryl methyl sites for hydroxylation is 1. The lowest BCUT2D eigenvalue weighted by atomic mass is 10.3. The molecule has 0 aromatic carbocycles. The van der Waals surface area contributed by atoms with Crippen molar-refractivity contribution in [2.24, 2.45) is 0 Å². The Morgan fingerprint density at radius 3 is 2.82 bits per heavy atom. The van der Waals surface area contributed by atoms with Crippen LogP contribution in [-0.4, -0.2) is 36.3 Å². The van der Waals surface area contributed by atoms with Crippen LogP contribution in [0.3, 0.4) is 0 Å². The predicted octanol–water partition coefficient (Wildman–Crippen LogP) is 2.23. The van der Waals surface area contributed by atoms with Gasteiger partial charge < -0.3 is 9.64 Å². The smallest absolute Gasteiger partial charge is 0.137 e. The van der Waals surface area contributed by atoms with Gasteiger partial charge in [-0.2, -0.15) is 0 Å². The zero-order valence-corrected chi connectivity index (χ0v) is 11.3. The van der Waals surface area contributed by atoms with Gasteiger partial charge in [-0.05, 0) is 13.3 Å². The summed E-state index contributed by atoms with van der Waals surface area (Å²) in [7, 11) is 1.76. The van der Waals surface area contributed by atoms with Crippen molar-refractivity contribution < 1.29 is 4.74 Å². The van der Waals surface area contributed by atoms with Crippen LogP contribution in [0.2, 0.25) is 5.15 Å². The third kappa shape index (κ3) is 2.53. The molecule has 1 fully saturated rings. The molecule has 1 atom stereocenters. The minimum atomic E-state index is 0.299. The highest BCUT2D eigenvalue weighted by atomic mass is 35.5. The minimum absolute atomic E-state index is 0.299. The number of hydrogen-bond donors (Lipinski definition) is 0. The first-order valence-electron chi connectivity index (χ1n) is 5.96. The summed E-state index contributed by atoms with van der Waals surface area (Å²) >= 11 is 6.14. The molecule has 94 valence electrons. The fourth-order valence-electron chi connectivity index (χ4n) is 2.10. The number of hydrogen-bond acceptors (Lipinski definition) is 4. The molecule has 1 unspecified atom stereocenters. The van der Waals surface area contributed by atoms with E-state index in [4.69, 9.17) is 16.3 Å². The highest BCUT2D eigenvalue weighted by molar-refractivity contribution is 6.30. The topological polar surface area (TPSA) is 38.2 Å². The van der Waals surface area contributed by atoms with E-state index in [9.17, 15) is 0 Å². The molecular weight excluding hydrogens is 238 g/mol. The molecule has 1 aliphatic rings. The largest absolute Gasteiger partial charge is 0.380 e. The molecule has 0 radical (unpaired) electrons. The lowest BCUT2D eigenvalue weighted by Crippen LogP contribution is -2.24. The Balaban J connectivity index is 2.28.